The molecule has 4 aromatic rings. The topological polar surface area (TPSA) is 57.4 Å². The molecule has 0 atom stereocenters. The molecule has 0 unspecified atom stereocenters. The molecule has 1 aromatic heterocycles. The molecule has 6 heteroatoms. The van der Waals surface area contributed by atoms with E-state index in [4.69, 9.17) is 17.0 Å². The fourth-order valence-corrected chi connectivity index (χ4v) is 4.38. The highest BCUT2D eigenvalue weighted by Gasteiger charge is 2.16. The average molecular weight is 486 g/mol. The number of aromatic nitrogens is 1. The largest absolute Gasteiger partial charge is 0.497 e. The van der Waals surface area contributed by atoms with Crippen molar-refractivity contribution in [1.82, 2.24) is 9.88 Å². The van der Waals surface area contributed by atoms with Gasteiger partial charge in [0.2, 0.25) is 0 Å². The number of nitrogens with zero attached hydrogens (tertiary/aromatic N) is 1. The van der Waals surface area contributed by atoms with Gasteiger partial charge in [0.25, 0.3) is 5.56 Å². The summed E-state index contributed by atoms with van der Waals surface area (Å²) >= 11 is 5.87. The van der Waals surface area contributed by atoms with E-state index in [1.807, 2.05) is 59.5 Å². The molecule has 0 amide bonds. The summed E-state index contributed by atoms with van der Waals surface area (Å²) in [5.74, 6) is 0.801. The van der Waals surface area contributed by atoms with Gasteiger partial charge < -0.3 is 19.9 Å². The number of anilines is 1. The van der Waals surface area contributed by atoms with Gasteiger partial charge in [0, 0.05) is 23.3 Å². The Balaban J connectivity index is 1.67. The minimum absolute atomic E-state index is 0.0989. The van der Waals surface area contributed by atoms with E-state index in [2.05, 4.69) is 42.3 Å². The summed E-state index contributed by atoms with van der Waals surface area (Å²) in [6, 6.07) is 24.2. The second kappa shape index (κ2) is 11.2. The number of rotatable bonds is 8. The number of H-pyrrole nitrogens is 1. The highest BCUT2D eigenvalue weighted by molar-refractivity contribution is 7.80. The first kappa shape index (κ1) is 24.5. The zero-order valence-corrected chi connectivity index (χ0v) is 21.2. The molecule has 0 aliphatic rings. The summed E-state index contributed by atoms with van der Waals surface area (Å²) in [6.45, 7) is 5.19. The Morgan fingerprint density at radius 1 is 0.914 bits per heavy atom. The van der Waals surface area contributed by atoms with Crippen LogP contribution in [0.2, 0.25) is 0 Å². The van der Waals surface area contributed by atoms with Crippen LogP contribution in [0, 0.1) is 0 Å². The van der Waals surface area contributed by atoms with Crippen LogP contribution in [0.25, 0.3) is 10.9 Å². The van der Waals surface area contributed by atoms with Crippen molar-refractivity contribution in [3.63, 3.8) is 0 Å². The lowest BCUT2D eigenvalue weighted by atomic mass is 10.1. The maximum Gasteiger partial charge on any atom is 0.253 e. The Morgan fingerprint density at radius 2 is 1.66 bits per heavy atom. The minimum atomic E-state index is -0.0989. The van der Waals surface area contributed by atoms with E-state index >= 15 is 0 Å². The van der Waals surface area contributed by atoms with Crippen LogP contribution < -0.4 is 15.6 Å². The lowest BCUT2D eigenvalue weighted by Crippen LogP contribution is -2.35. The molecule has 4 rings (SSSR count). The Morgan fingerprint density at radius 3 is 2.37 bits per heavy atom. The number of para-hydroxylation sites is 1. The predicted molar refractivity (Wildman–Crippen MR) is 148 cm³/mol. The standard InChI is InChI=1S/C29H31N3O2S/c1-4-20-12-15-27-23(16-20)17-24(28(33)30-27)19-32(18-21-10-13-25(34-3)14-11-21)29(35)31-26-9-7-6-8-22(26)5-2/h6-17H,4-5,18-19H2,1-3H3,(H,30,33)(H,31,35). The molecule has 0 radical (unpaired) electrons. The number of pyridine rings is 1. The molecule has 35 heavy (non-hydrogen) atoms. The van der Waals surface area contributed by atoms with Gasteiger partial charge in [-0.15, -0.1) is 0 Å². The number of methoxy groups -OCH3 is 1. The Labute approximate surface area is 211 Å². The van der Waals surface area contributed by atoms with Crippen LogP contribution in [0.15, 0.2) is 77.6 Å². The van der Waals surface area contributed by atoms with Crippen molar-refractivity contribution in [1.29, 1.82) is 0 Å². The van der Waals surface area contributed by atoms with Crippen LogP contribution in [-0.2, 0) is 25.9 Å². The molecule has 1 heterocycles. The molecular formula is C29H31N3O2S. The molecule has 0 saturated heterocycles. The number of thiocarbonyl (C=S) groups is 1. The highest BCUT2D eigenvalue weighted by Crippen LogP contribution is 2.20. The number of nitrogens with one attached hydrogen (secondary N) is 2. The molecule has 2 N–H and O–H groups in total. The van der Waals surface area contributed by atoms with Crippen LogP contribution in [0.3, 0.4) is 0 Å². The molecule has 180 valence electrons. The van der Waals surface area contributed by atoms with E-state index in [9.17, 15) is 4.79 Å². The SMILES string of the molecule is CCc1ccc2[nH]c(=O)c(CN(Cc3ccc(OC)cc3)C(=S)Nc3ccccc3CC)cc2c1. The first-order valence-electron chi connectivity index (χ1n) is 11.9. The van der Waals surface area contributed by atoms with Gasteiger partial charge in [-0.25, -0.2) is 0 Å². The molecule has 0 aliphatic carbocycles. The lowest BCUT2D eigenvalue weighted by Gasteiger charge is -2.27. The zero-order valence-electron chi connectivity index (χ0n) is 20.4. The van der Waals surface area contributed by atoms with Crippen molar-refractivity contribution < 1.29 is 4.74 Å². The zero-order chi connectivity index (χ0) is 24.8. The van der Waals surface area contributed by atoms with Crippen molar-refractivity contribution in [2.75, 3.05) is 12.4 Å². The molecule has 0 saturated carbocycles. The quantitative estimate of drug-likeness (QED) is 0.297. The number of aromatic amines is 1. The van der Waals surface area contributed by atoms with Crippen LogP contribution in [0.1, 0.15) is 36.1 Å². The average Bonchev–Trinajstić information content (AvgIpc) is 2.89. The summed E-state index contributed by atoms with van der Waals surface area (Å²) in [5.41, 5.74) is 5.90. The van der Waals surface area contributed by atoms with Gasteiger partial charge in [0.15, 0.2) is 5.11 Å². The van der Waals surface area contributed by atoms with Gasteiger partial charge in [-0.3, -0.25) is 4.79 Å². The lowest BCUT2D eigenvalue weighted by molar-refractivity contribution is 0.406. The third-order valence-corrected chi connectivity index (χ3v) is 6.57. The molecule has 5 nitrogen and oxygen atoms in total. The summed E-state index contributed by atoms with van der Waals surface area (Å²) in [5, 5.41) is 5.02. The summed E-state index contributed by atoms with van der Waals surface area (Å²) in [7, 11) is 1.65. The first-order chi connectivity index (χ1) is 17.0. The number of ether oxygens (including phenoxy) is 1. The van der Waals surface area contributed by atoms with Gasteiger partial charge in [0.05, 0.1) is 13.7 Å². The van der Waals surface area contributed by atoms with Crippen molar-refractivity contribution in [3.05, 3.63) is 105 Å². The number of aryl methyl sites for hydroxylation is 2. The maximum atomic E-state index is 13.0. The van der Waals surface area contributed by atoms with Crippen molar-refractivity contribution >= 4 is 33.9 Å². The fourth-order valence-electron chi connectivity index (χ4n) is 4.14. The van der Waals surface area contributed by atoms with Crippen LogP contribution in [0.4, 0.5) is 5.69 Å². The van der Waals surface area contributed by atoms with E-state index in [1.165, 1.54) is 11.1 Å². The molecule has 0 spiro atoms. The molecule has 0 fully saturated rings. The monoisotopic (exact) mass is 485 g/mol. The van der Waals surface area contributed by atoms with E-state index < -0.39 is 0 Å². The summed E-state index contributed by atoms with van der Waals surface area (Å²) < 4.78 is 5.30. The molecule has 3 aromatic carbocycles. The van der Waals surface area contributed by atoms with Gasteiger partial charge in [-0.1, -0.05) is 50.2 Å². The van der Waals surface area contributed by atoms with Crippen molar-refractivity contribution in [2.45, 2.75) is 39.8 Å². The van der Waals surface area contributed by atoms with Crippen molar-refractivity contribution in [2.24, 2.45) is 0 Å². The summed E-state index contributed by atoms with van der Waals surface area (Å²) in [4.78, 5) is 18.0. The van der Waals surface area contributed by atoms with Gasteiger partial charge in [0.1, 0.15) is 5.75 Å². The number of hydrogen-bond acceptors (Lipinski definition) is 3. The van der Waals surface area contributed by atoms with Gasteiger partial charge in [-0.05, 0) is 83.5 Å². The van der Waals surface area contributed by atoms with Crippen LogP contribution >= 0.6 is 12.2 Å². The Kier molecular flexibility index (Phi) is 7.83. The Hall–Kier alpha value is -3.64. The highest BCUT2D eigenvalue weighted by atomic mass is 32.1. The van der Waals surface area contributed by atoms with Gasteiger partial charge in [-0.2, -0.15) is 0 Å². The minimum Gasteiger partial charge on any atom is -0.497 e. The Bertz CT molecular complexity index is 1380. The second-order valence-electron chi connectivity index (χ2n) is 8.54. The molecule has 0 aliphatic heterocycles. The van der Waals surface area contributed by atoms with E-state index in [0.29, 0.717) is 23.8 Å². The fraction of sp³-hybridized carbons (Fsp3) is 0.241. The van der Waals surface area contributed by atoms with Crippen LogP contribution in [0.5, 0.6) is 5.75 Å². The van der Waals surface area contributed by atoms with Crippen LogP contribution in [-0.4, -0.2) is 22.1 Å². The smallest absolute Gasteiger partial charge is 0.253 e. The molecule has 0 bridgehead atoms. The number of hydrogen-bond donors (Lipinski definition) is 2. The van der Waals surface area contributed by atoms with E-state index in [1.54, 1.807) is 7.11 Å². The maximum absolute atomic E-state index is 13.0. The van der Waals surface area contributed by atoms with E-state index in [0.717, 1.165) is 40.7 Å². The van der Waals surface area contributed by atoms with Gasteiger partial charge >= 0.3 is 0 Å². The first-order valence-corrected chi connectivity index (χ1v) is 12.3. The third kappa shape index (κ3) is 5.89. The normalized spacial score (nSPS) is 10.8. The number of fused-ring (bicyclic) bond motifs is 1. The predicted octanol–water partition coefficient (Wildman–Crippen LogP) is 6.06. The summed E-state index contributed by atoms with van der Waals surface area (Å²) in [6.07, 6.45) is 1.84. The molecular weight excluding hydrogens is 454 g/mol. The number of benzene rings is 3. The van der Waals surface area contributed by atoms with E-state index in [-0.39, 0.29) is 5.56 Å². The van der Waals surface area contributed by atoms with Crippen molar-refractivity contribution in [3.8, 4) is 5.75 Å². The second-order valence-corrected chi connectivity index (χ2v) is 8.93. The third-order valence-electron chi connectivity index (χ3n) is 6.21.